The molecule has 25 heavy (non-hydrogen) atoms. The molecular weight excluding hydrogens is 321 g/mol. The standard InChI is InChI=1S/C17H28BN3O4/c1-15(2,3)23-14(22)20-9-12(8-13-10-19-11-21-13)18-24-16(4,5)17(6,7)25-18/h8,10-11H,9H2,1-7H3,(H,19,21)(H,20,22). The molecule has 7 nitrogen and oxygen atoms in total. The van der Waals surface area contributed by atoms with Crippen molar-refractivity contribution < 1.29 is 18.8 Å². The van der Waals surface area contributed by atoms with Crippen LogP contribution in [0.3, 0.4) is 0 Å². The second-order valence-electron chi connectivity index (χ2n) is 8.17. The van der Waals surface area contributed by atoms with Gasteiger partial charge in [-0.3, -0.25) is 0 Å². The zero-order valence-corrected chi connectivity index (χ0v) is 16.1. The van der Waals surface area contributed by atoms with Gasteiger partial charge in [0.15, 0.2) is 0 Å². The number of carbonyl (C=O) groups excluding carboxylic acids is 1. The maximum atomic E-state index is 12.0. The number of imidazole rings is 1. The van der Waals surface area contributed by atoms with Crippen molar-refractivity contribution in [1.29, 1.82) is 0 Å². The molecule has 0 aliphatic carbocycles. The molecule has 1 amide bonds. The fraction of sp³-hybridized carbons (Fsp3) is 0.647. The molecule has 0 saturated carbocycles. The first-order chi connectivity index (χ1) is 11.4. The predicted molar refractivity (Wildman–Crippen MR) is 96.9 cm³/mol. The third-order valence-corrected chi connectivity index (χ3v) is 4.25. The average Bonchev–Trinajstić information content (AvgIpc) is 2.99. The molecule has 2 N–H and O–H groups in total. The van der Waals surface area contributed by atoms with Gasteiger partial charge in [0.25, 0.3) is 0 Å². The summed E-state index contributed by atoms with van der Waals surface area (Å²) in [6, 6.07) is 0. The number of rotatable bonds is 4. The highest BCUT2D eigenvalue weighted by molar-refractivity contribution is 6.56. The zero-order chi connectivity index (χ0) is 18.9. The number of carbonyl (C=O) groups is 1. The molecule has 0 unspecified atom stereocenters. The summed E-state index contributed by atoms with van der Waals surface area (Å²) in [6.45, 7) is 13.7. The van der Waals surface area contributed by atoms with Crippen LogP contribution in [0.5, 0.6) is 0 Å². The summed E-state index contributed by atoms with van der Waals surface area (Å²) in [5, 5.41) is 2.76. The molecule has 1 saturated heterocycles. The van der Waals surface area contributed by atoms with Crippen molar-refractivity contribution in [3.05, 3.63) is 23.7 Å². The Hall–Kier alpha value is -1.80. The number of nitrogens with one attached hydrogen (secondary N) is 2. The molecule has 2 rings (SSSR count). The number of aromatic nitrogens is 2. The fourth-order valence-corrected chi connectivity index (χ4v) is 2.23. The summed E-state index contributed by atoms with van der Waals surface area (Å²) >= 11 is 0. The Kier molecular flexibility index (Phi) is 5.34. The summed E-state index contributed by atoms with van der Waals surface area (Å²) in [5.41, 5.74) is 0.0964. The Bertz CT molecular complexity index is 617. The monoisotopic (exact) mass is 349 g/mol. The van der Waals surface area contributed by atoms with Crippen LogP contribution in [0, 0.1) is 0 Å². The summed E-state index contributed by atoms with van der Waals surface area (Å²) in [7, 11) is -0.566. The van der Waals surface area contributed by atoms with E-state index in [1.807, 2.05) is 54.5 Å². The molecule has 1 aliphatic rings. The Morgan fingerprint density at radius 3 is 2.40 bits per heavy atom. The molecule has 1 aromatic rings. The smallest absolute Gasteiger partial charge is 0.444 e. The van der Waals surface area contributed by atoms with Crippen molar-refractivity contribution in [2.45, 2.75) is 65.3 Å². The van der Waals surface area contributed by atoms with Gasteiger partial charge in [-0.1, -0.05) is 0 Å². The Labute approximate surface area is 149 Å². The summed E-state index contributed by atoms with van der Waals surface area (Å²) in [5.74, 6) is 0. The quantitative estimate of drug-likeness (QED) is 0.817. The van der Waals surface area contributed by atoms with E-state index in [9.17, 15) is 4.79 Å². The van der Waals surface area contributed by atoms with E-state index in [1.54, 1.807) is 12.5 Å². The summed E-state index contributed by atoms with van der Waals surface area (Å²) in [6.07, 6.45) is 4.67. The number of alkyl carbamates (subject to hydrolysis) is 1. The minimum atomic E-state index is -0.566. The van der Waals surface area contributed by atoms with E-state index in [-0.39, 0.29) is 6.54 Å². The van der Waals surface area contributed by atoms with Crippen molar-refractivity contribution in [3.63, 3.8) is 0 Å². The van der Waals surface area contributed by atoms with E-state index < -0.39 is 30.0 Å². The van der Waals surface area contributed by atoms with Crippen LogP contribution in [-0.2, 0) is 14.0 Å². The summed E-state index contributed by atoms with van der Waals surface area (Å²) in [4.78, 5) is 19.0. The van der Waals surface area contributed by atoms with Gasteiger partial charge in [-0.05, 0) is 60.0 Å². The van der Waals surface area contributed by atoms with Gasteiger partial charge >= 0.3 is 13.2 Å². The first kappa shape index (κ1) is 19.5. The van der Waals surface area contributed by atoms with Gasteiger partial charge < -0.3 is 24.3 Å². The van der Waals surface area contributed by atoms with E-state index in [4.69, 9.17) is 14.0 Å². The molecule has 1 aromatic heterocycles. The molecule has 0 spiro atoms. The molecule has 8 heteroatoms. The molecule has 0 aromatic carbocycles. The largest absolute Gasteiger partial charge is 0.492 e. The van der Waals surface area contributed by atoms with Crippen molar-refractivity contribution in [1.82, 2.24) is 15.3 Å². The van der Waals surface area contributed by atoms with E-state index in [1.165, 1.54) is 0 Å². The first-order valence-corrected chi connectivity index (χ1v) is 8.41. The second kappa shape index (κ2) is 6.84. The maximum Gasteiger partial charge on any atom is 0.492 e. The predicted octanol–water partition coefficient (Wildman–Crippen LogP) is 2.95. The Morgan fingerprint density at radius 2 is 1.92 bits per heavy atom. The van der Waals surface area contributed by atoms with Gasteiger partial charge in [0.1, 0.15) is 5.60 Å². The van der Waals surface area contributed by atoms with Crippen LogP contribution in [0.2, 0.25) is 0 Å². The number of amides is 1. The fourth-order valence-electron chi connectivity index (χ4n) is 2.23. The van der Waals surface area contributed by atoms with Gasteiger partial charge in [-0.2, -0.15) is 0 Å². The number of ether oxygens (including phenoxy) is 1. The van der Waals surface area contributed by atoms with E-state index >= 15 is 0 Å². The first-order valence-electron chi connectivity index (χ1n) is 8.41. The van der Waals surface area contributed by atoms with Gasteiger partial charge in [0.2, 0.25) is 0 Å². The van der Waals surface area contributed by atoms with Crippen LogP contribution >= 0.6 is 0 Å². The lowest BCUT2D eigenvalue weighted by molar-refractivity contribution is 0.00578. The molecule has 2 heterocycles. The lowest BCUT2D eigenvalue weighted by Gasteiger charge is -2.32. The topological polar surface area (TPSA) is 85.5 Å². The van der Waals surface area contributed by atoms with E-state index in [0.29, 0.717) is 0 Å². The van der Waals surface area contributed by atoms with Gasteiger partial charge in [-0.15, -0.1) is 0 Å². The number of aromatic amines is 1. The summed E-state index contributed by atoms with van der Waals surface area (Å²) < 4.78 is 17.5. The van der Waals surface area contributed by atoms with E-state index in [0.717, 1.165) is 11.2 Å². The Morgan fingerprint density at radius 1 is 1.32 bits per heavy atom. The molecular formula is C17H28BN3O4. The van der Waals surface area contributed by atoms with Crippen LogP contribution < -0.4 is 5.32 Å². The van der Waals surface area contributed by atoms with Gasteiger partial charge in [0.05, 0.1) is 29.4 Å². The second-order valence-corrected chi connectivity index (χ2v) is 8.17. The highest BCUT2D eigenvalue weighted by Gasteiger charge is 2.52. The highest BCUT2D eigenvalue weighted by atomic mass is 16.7. The normalized spacial score (nSPS) is 19.8. The van der Waals surface area contributed by atoms with Crippen molar-refractivity contribution in [2.75, 3.05) is 6.54 Å². The lowest BCUT2D eigenvalue weighted by atomic mass is 9.77. The molecule has 0 radical (unpaired) electrons. The Balaban J connectivity index is 2.14. The van der Waals surface area contributed by atoms with E-state index in [2.05, 4.69) is 15.3 Å². The van der Waals surface area contributed by atoms with Crippen LogP contribution in [-0.4, -0.2) is 46.5 Å². The number of hydrogen-bond acceptors (Lipinski definition) is 5. The SMILES string of the molecule is CC(C)(C)OC(=O)NCC(=Cc1cnc[nH]1)B1OC(C)(C)C(C)(C)O1. The lowest BCUT2D eigenvalue weighted by Crippen LogP contribution is -2.41. The number of nitrogens with zero attached hydrogens (tertiary/aromatic N) is 1. The number of H-pyrrole nitrogens is 1. The number of hydrogen-bond donors (Lipinski definition) is 2. The van der Waals surface area contributed by atoms with Crippen molar-refractivity contribution >= 4 is 19.3 Å². The van der Waals surface area contributed by atoms with Crippen molar-refractivity contribution in [2.24, 2.45) is 0 Å². The van der Waals surface area contributed by atoms with Crippen LogP contribution in [0.4, 0.5) is 4.79 Å². The molecule has 0 bridgehead atoms. The highest BCUT2D eigenvalue weighted by Crippen LogP contribution is 2.38. The molecule has 0 atom stereocenters. The maximum absolute atomic E-state index is 12.0. The van der Waals surface area contributed by atoms with Gasteiger partial charge in [-0.25, -0.2) is 9.78 Å². The zero-order valence-electron chi connectivity index (χ0n) is 16.1. The van der Waals surface area contributed by atoms with Crippen LogP contribution in [0.1, 0.15) is 54.2 Å². The molecule has 1 fully saturated rings. The van der Waals surface area contributed by atoms with Crippen LogP contribution in [0.15, 0.2) is 18.0 Å². The third kappa shape index (κ3) is 5.09. The van der Waals surface area contributed by atoms with Crippen LogP contribution in [0.25, 0.3) is 6.08 Å². The molecule has 138 valence electrons. The minimum absolute atomic E-state index is 0.241. The molecule has 1 aliphatic heterocycles. The average molecular weight is 349 g/mol. The van der Waals surface area contributed by atoms with Crippen molar-refractivity contribution in [3.8, 4) is 0 Å². The minimum Gasteiger partial charge on any atom is -0.444 e. The van der Waals surface area contributed by atoms with Gasteiger partial charge in [0, 0.05) is 6.54 Å². The third-order valence-electron chi connectivity index (χ3n) is 4.25.